The first-order chi connectivity index (χ1) is 6.87. The van der Waals surface area contributed by atoms with Gasteiger partial charge in [-0.2, -0.15) is 10.2 Å². The van der Waals surface area contributed by atoms with Gasteiger partial charge in [0.2, 0.25) is 0 Å². The van der Waals surface area contributed by atoms with Gasteiger partial charge < -0.3 is 5.73 Å². The Morgan fingerprint density at radius 3 is 2.64 bits per heavy atom. The molecule has 0 amide bonds. The predicted octanol–water partition coefficient (Wildman–Crippen LogP) is 1.64. The quantitative estimate of drug-likeness (QED) is 0.773. The first-order valence-electron chi connectivity index (χ1n) is 5.36. The second-order valence-corrected chi connectivity index (χ2v) is 4.15. The lowest BCUT2D eigenvalue weighted by atomic mass is 9.72. The Kier molecular flexibility index (Phi) is 2.77. The van der Waals surface area contributed by atoms with Gasteiger partial charge in [-0.1, -0.05) is 19.3 Å². The first kappa shape index (κ1) is 9.59. The second kappa shape index (κ2) is 4.05. The molecule has 0 saturated heterocycles. The van der Waals surface area contributed by atoms with Crippen LogP contribution in [0.4, 0.5) is 0 Å². The number of rotatable bonds is 2. The molecule has 1 aliphatic rings. The Bertz CT molecular complexity index is 278. The van der Waals surface area contributed by atoms with Gasteiger partial charge in [0.1, 0.15) is 0 Å². The zero-order chi connectivity index (χ0) is 9.86. The summed E-state index contributed by atoms with van der Waals surface area (Å²) < 4.78 is 0. The van der Waals surface area contributed by atoms with Gasteiger partial charge in [-0.25, -0.2) is 0 Å². The largest absolute Gasteiger partial charge is 0.330 e. The minimum absolute atomic E-state index is 0.118. The van der Waals surface area contributed by atoms with Crippen molar-refractivity contribution >= 4 is 0 Å². The monoisotopic (exact) mass is 191 g/mol. The molecule has 0 radical (unpaired) electrons. The van der Waals surface area contributed by atoms with Gasteiger partial charge in [-0.05, 0) is 25.0 Å². The van der Waals surface area contributed by atoms with Crippen LogP contribution in [0.5, 0.6) is 0 Å². The van der Waals surface area contributed by atoms with Crippen molar-refractivity contribution < 1.29 is 0 Å². The van der Waals surface area contributed by atoms with Crippen LogP contribution in [0.1, 0.15) is 37.8 Å². The molecule has 0 spiro atoms. The Hall–Kier alpha value is -0.960. The summed E-state index contributed by atoms with van der Waals surface area (Å²) in [5.74, 6) is 0. The average molecular weight is 191 g/mol. The third-order valence-corrected chi connectivity index (χ3v) is 3.32. The summed E-state index contributed by atoms with van der Waals surface area (Å²) in [6.45, 7) is 0.700. The highest BCUT2D eigenvalue weighted by molar-refractivity contribution is 5.16. The smallest absolute Gasteiger partial charge is 0.0705 e. The molecule has 2 N–H and O–H groups in total. The van der Waals surface area contributed by atoms with E-state index >= 15 is 0 Å². The van der Waals surface area contributed by atoms with Crippen LogP contribution in [0.3, 0.4) is 0 Å². The fourth-order valence-corrected chi connectivity index (χ4v) is 2.38. The number of hydrogen-bond donors (Lipinski definition) is 1. The Balaban J connectivity index is 2.27. The standard InChI is InChI=1S/C11H17N3/c12-9-11(6-2-1-3-7-11)10-5-4-8-13-14-10/h4-5,8H,1-3,6-7,9,12H2. The fraction of sp³-hybridized carbons (Fsp3) is 0.636. The number of nitrogens with two attached hydrogens (primary N) is 1. The van der Waals surface area contributed by atoms with Crippen molar-refractivity contribution in [3.05, 3.63) is 24.0 Å². The fourth-order valence-electron chi connectivity index (χ4n) is 2.38. The van der Waals surface area contributed by atoms with Crippen LogP contribution in [0, 0.1) is 0 Å². The lowest BCUT2D eigenvalue weighted by Crippen LogP contribution is -2.38. The van der Waals surface area contributed by atoms with Crippen molar-refractivity contribution in [1.29, 1.82) is 0 Å². The number of aromatic nitrogens is 2. The molecule has 1 aliphatic carbocycles. The van der Waals surface area contributed by atoms with Gasteiger partial charge in [0.05, 0.1) is 5.69 Å². The summed E-state index contributed by atoms with van der Waals surface area (Å²) >= 11 is 0. The zero-order valence-electron chi connectivity index (χ0n) is 8.45. The Morgan fingerprint density at radius 2 is 2.07 bits per heavy atom. The molecule has 0 aliphatic heterocycles. The van der Waals surface area contributed by atoms with Crippen LogP contribution < -0.4 is 5.73 Å². The highest BCUT2D eigenvalue weighted by Crippen LogP contribution is 2.37. The molecule has 0 bridgehead atoms. The summed E-state index contributed by atoms with van der Waals surface area (Å²) in [6, 6.07) is 4.01. The maximum absolute atomic E-state index is 5.90. The zero-order valence-corrected chi connectivity index (χ0v) is 8.45. The van der Waals surface area contributed by atoms with E-state index in [0.29, 0.717) is 6.54 Å². The molecule has 1 aromatic heterocycles. The average Bonchev–Trinajstić information content (AvgIpc) is 2.31. The van der Waals surface area contributed by atoms with E-state index in [1.54, 1.807) is 6.20 Å². The lowest BCUT2D eigenvalue weighted by Gasteiger charge is -2.35. The van der Waals surface area contributed by atoms with Crippen LogP contribution in [0.15, 0.2) is 18.3 Å². The summed E-state index contributed by atoms with van der Waals surface area (Å²) in [4.78, 5) is 0. The van der Waals surface area contributed by atoms with Crippen molar-refractivity contribution in [3.63, 3.8) is 0 Å². The van der Waals surface area contributed by atoms with Gasteiger partial charge in [-0.15, -0.1) is 0 Å². The molecule has 3 nitrogen and oxygen atoms in total. The topological polar surface area (TPSA) is 51.8 Å². The van der Waals surface area contributed by atoms with E-state index in [0.717, 1.165) is 5.69 Å². The van der Waals surface area contributed by atoms with Crippen LogP contribution in [0.25, 0.3) is 0 Å². The molecule has 2 rings (SSSR count). The maximum Gasteiger partial charge on any atom is 0.0705 e. The van der Waals surface area contributed by atoms with E-state index in [9.17, 15) is 0 Å². The van der Waals surface area contributed by atoms with Gasteiger partial charge in [0, 0.05) is 18.2 Å². The van der Waals surface area contributed by atoms with E-state index in [1.165, 1.54) is 32.1 Å². The van der Waals surface area contributed by atoms with E-state index in [1.807, 2.05) is 6.07 Å². The number of nitrogens with zero attached hydrogens (tertiary/aromatic N) is 2. The minimum atomic E-state index is 0.118. The van der Waals surface area contributed by atoms with E-state index in [2.05, 4.69) is 16.3 Å². The first-order valence-corrected chi connectivity index (χ1v) is 5.36. The Labute approximate surface area is 84.7 Å². The number of hydrogen-bond acceptors (Lipinski definition) is 3. The highest BCUT2D eigenvalue weighted by atomic mass is 15.1. The van der Waals surface area contributed by atoms with Crippen LogP contribution >= 0.6 is 0 Å². The molecule has 1 saturated carbocycles. The van der Waals surface area contributed by atoms with Crippen molar-refractivity contribution in [2.45, 2.75) is 37.5 Å². The van der Waals surface area contributed by atoms with Gasteiger partial charge >= 0.3 is 0 Å². The molecular weight excluding hydrogens is 174 g/mol. The van der Waals surface area contributed by atoms with Gasteiger partial charge in [0.25, 0.3) is 0 Å². The van der Waals surface area contributed by atoms with E-state index in [4.69, 9.17) is 5.73 Å². The van der Waals surface area contributed by atoms with Gasteiger partial charge in [0.15, 0.2) is 0 Å². The SMILES string of the molecule is NCC1(c2cccnn2)CCCCC1. The summed E-state index contributed by atoms with van der Waals surface area (Å²) in [7, 11) is 0. The predicted molar refractivity (Wildman–Crippen MR) is 55.8 cm³/mol. The lowest BCUT2D eigenvalue weighted by molar-refractivity contribution is 0.291. The van der Waals surface area contributed by atoms with Crippen molar-refractivity contribution in [2.75, 3.05) is 6.54 Å². The molecule has 3 heteroatoms. The summed E-state index contributed by atoms with van der Waals surface area (Å²) in [5, 5.41) is 8.16. The summed E-state index contributed by atoms with van der Waals surface area (Å²) in [5.41, 5.74) is 7.11. The van der Waals surface area contributed by atoms with E-state index < -0.39 is 0 Å². The van der Waals surface area contributed by atoms with Crippen molar-refractivity contribution in [1.82, 2.24) is 10.2 Å². The molecule has 76 valence electrons. The second-order valence-electron chi connectivity index (χ2n) is 4.15. The van der Waals surface area contributed by atoms with E-state index in [-0.39, 0.29) is 5.41 Å². The molecule has 0 unspecified atom stereocenters. The van der Waals surface area contributed by atoms with Crippen LogP contribution in [0.2, 0.25) is 0 Å². The molecule has 0 atom stereocenters. The Morgan fingerprint density at radius 1 is 1.29 bits per heavy atom. The van der Waals surface area contributed by atoms with Gasteiger partial charge in [-0.3, -0.25) is 0 Å². The molecular formula is C11H17N3. The molecule has 1 fully saturated rings. The molecule has 1 aromatic rings. The molecule has 0 aromatic carbocycles. The molecule has 1 heterocycles. The highest BCUT2D eigenvalue weighted by Gasteiger charge is 2.33. The third-order valence-electron chi connectivity index (χ3n) is 3.32. The van der Waals surface area contributed by atoms with Crippen LogP contribution in [-0.2, 0) is 5.41 Å². The summed E-state index contributed by atoms with van der Waals surface area (Å²) in [6.07, 6.45) is 7.94. The molecule has 14 heavy (non-hydrogen) atoms. The normalized spacial score (nSPS) is 20.6. The third kappa shape index (κ3) is 1.64. The minimum Gasteiger partial charge on any atom is -0.330 e. The maximum atomic E-state index is 5.90. The van der Waals surface area contributed by atoms with Crippen LogP contribution in [-0.4, -0.2) is 16.7 Å². The van der Waals surface area contributed by atoms with Crippen molar-refractivity contribution in [2.24, 2.45) is 5.73 Å². The van der Waals surface area contributed by atoms with Crippen molar-refractivity contribution in [3.8, 4) is 0 Å².